The highest BCUT2D eigenvalue weighted by molar-refractivity contribution is 7.61. The van der Waals surface area contributed by atoms with E-state index < -0.39 is 15.8 Å². The van der Waals surface area contributed by atoms with Crippen LogP contribution in [0.3, 0.4) is 0 Å². The van der Waals surface area contributed by atoms with Gasteiger partial charge in [-0.05, 0) is 155 Å². The third-order valence-corrected chi connectivity index (χ3v) is 30.6. The summed E-state index contributed by atoms with van der Waals surface area (Å²) < 4.78 is 0. The smallest absolute Gasteiger partial charge is 0.0883 e. The first kappa shape index (κ1) is 53.6. The number of hydrogen-bond donors (Lipinski definition) is 1. The number of para-hydroxylation sites is 8. The van der Waals surface area contributed by atoms with Crippen molar-refractivity contribution in [3.8, 4) is 0 Å². The standard InChI is InChI=1S/C77H83N7P2/c1-9-29-54(30-10-1)79(55-31-11-2-12-32-55)62-49-66-74-68(51-62)83(60-41-21-7-22-42-60)76-72(85(74)70-47-27-25-45-64(70)81(66)58-37-17-5-18-38-58)53-73-77(78-76)84(61-43-23-8-24-44-61)69-52-63(80(56-33-13-3-14-34-56)57-35-15-4-16-36-57)50-67-75(69)86(73)71-48-28-26-46-65(71)82(67)59-39-19-6-20-40-59/h1-24,29-44,62-78H,25-28,45-53H2. The number of fused-ring (bicyclic) bond motifs is 8. The molecule has 0 spiro atoms. The molecular weight excluding hydrogens is 1080 g/mol. The van der Waals surface area contributed by atoms with E-state index in [1.165, 1.54) is 103 Å². The summed E-state index contributed by atoms with van der Waals surface area (Å²) in [6, 6.07) is 96.9. The first-order chi connectivity index (χ1) is 42.7. The number of nitrogens with zero attached hydrogens (tertiary/aromatic N) is 6. The SMILES string of the molecule is c1ccc(N(c2ccccc2)C2CC3C4C(C2)N(c2ccccc2)C2NC5C(CC2P4C2CCCCC2N3c2ccccc2)P2C3CCCCC3N(c3ccccc3)C3CC(N(c4ccccc4)c4ccccc4)CC(C32)N5c2ccccc2)cc1. The average Bonchev–Trinajstić information content (AvgIpc) is 0.707. The van der Waals surface area contributed by atoms with Crippen molar-refractivity contribution >= 4 is 61.3 Å². The molecule has 0 amide bonds. The summed E-state index contributed by atoms with van der Waals surface area (Å²) in [7, 11) is -0.867. The topological polar surface area (TPSA) is 31.5 Å². The van der Waals surface area contributed by atoms with E-state index in [2.05, 4.69) is 272 Å². The van der Waals surface area contributed by atoms with Gasteiger partial charge in [-0.1, -0.05) is 187 Å². The van der Waals surface area contributed by atoms with Crippen LogP contribution >= 0.6 is 15.8 Å². The lowest BCUT2D eigenvalue weighted by molar-refractivity contribution is 0.194. The second kappa shape index (κ2) is 22.8. The fourth-order valence-electron chi connectivity index (χ4n) is 19.9. The van der Waals surface area contributed by atoms with Crippen molar-refractivity contribution in [1.82, 2.24) is 5.32 Å². The highest BCUT2D eigenvalue weighted by Crippen LogP contribution is 2.74. The van der Waals surface area contributed by atoms with E-state index in [1.54, 1.807) is 0 Å². The summed E-state index contributed by atoms with van der Waals surface area (Å²) in [6.07, 6.45) is 17.1. The minimum atomic E-state index is -0.433. The fourth-order valence-corrected chi connectivity index (χ4v) is 29.8. The zero-order valence-corrected chi connectivity index (χ0v) is 51.4. The molecule has 7 nitrogen and oxygen atoms in total. The minimum Gasteiger partial charge on any atom is -0.364 e. The highest BCUT2D eigenvalue weighted by atomic mass is 31.1. The molecule has 4 saturated carbocycles. The van der Waals surface area contributed by atoms with E-state index >= 15 is 0 Å². The van der Waals surface area contributed by atoms with Crippen molar-refractivity contribution in [3.05, 3.63) is 243 Å². The first-order valence-corrected chi connectivity index (χ1v) is 36.3. The van der Waals surface area contributed by atoms with Gasteiger partial charge in [-0.2, -0.15) is 0 Å². The predicted molar refractivity (Wildman–Crippen MR) is 363 cm³/mol. The van der Waals surface area contributed by atoms with E-state index in [9.17, 15) is 0 Å². The molecule has 436 valence electrons. The van der Waals surface area contributed by atoms with Gasteiger partial charge >= 0.3 is 0 Å². The van der Waals surface area contributed by atoms with Crippen molar-refractivity contribution < 1.29 is 0 Å². The van der Waals surface area contributed by atoms with Crippen molar-refractivity contribution in [2.45, 2.75) is 178 Å². The lowest BCUT2D eigenvalue weighted by atomic mass is 9.79. The van der Waals surface area contributed by atoms with Gasteiger partial charge in [-0.15, -0.1) is 0 Å². The second-order valence-electron chi connectivity index (χ2n) is 26.7. The van der Waals surface area contributed by atoms with Crippen molar-refractivity contribution in [2.75, 3.05) is 29.4 Å². The molecule has 1 N–H and O–H groups in total. The van der Waals surface area contributed by atoms with Crippen molar-refractivity contribution in [3.63, 3.8) is 0 Å². The van der Waals surface area contributed by atoms with Gasteiger partial charge in [-0.3, -0.25) is 5.32 Å². The quantitative estimate of drug-likeness (QED) is 0.137. The Bertz CT molecular complexity index is 3230. The first-order valence-electron chi connectivity index (χ1n) is 33.2. The molecule has 86 heavy (non-hydrogen) atoms. The second-order valence-corrected chi connectivity index (χ2v) is 32.3. The van der Waals surface area contributed by atoms with Crippen LogP contribution < -0.4 is 34.7 Å². The van der Waals surface area contributed by atoms with Gasteiger partial charge in [0.15, 0.2) is 0 Å². The molecule has 18 atom stereocenters. The summed E-state index contributed by atoms with van der Waals surface area (Å²) >= 11 is 0. The third-order valence-electron chi connectivity index (χ3n) is 22.6. The number of nitrogens with one attached hydrogen (secondary N) is 1. The van der Waals surface area contributed by atoms with Gasteiger partial charge in [-0.25, -0.2) is 0 Å². The van der Waals surface area contributed by atoms with E-state index in [0.29, 0.717) is 82.3 Å². The average molecular weight is 1170 g/mol. The number of benzene rings is 8. The van der Waals surface area contributed by atoms with Crippen LogP contribution in [0.4, 0.5) is 45.5 Å². The van der Waals surface area contributed by atoms with E-state index in [4.69, 9.17) is 5.32 Å². The Morgan fingerprint density at radius 3 is 0.860 bits per heavy atom. The van der Waals surface area contributed by atoms with E-state index in [-0.39, 0.29) is 12.3 Å². The van der Waals surface area contributed by atoms with Gasteiger partial charge in [0.25, 0.3) is 0 Å². The number of piperidine rings is 1. The van der Waals surface area contributed by atoms with Gasteiger partial charge in [0.1, 0.15) is 0 Å². The van der Waals surface area contributed by atoms with Crippen LogP contribution in [-0.2, 0) is 0 Å². The summed E-state index contributed by atoms with van der Waals surface area (Å²) in [5.41, 5.74) is 14.7. The number of rotatable bonds is 10. The molecule has 4 aliphatic carbocycles. The molecule has 9 heteroatoms. The monoisotopic (exact) mass is 1170 g/mol. The fraction of sp³-hybridized carbons (Fsp3) is 0.377. The molecule has 9 fully saturated rings. The zero-order valence-electron chi connectivity index (χ0n) is 49.6. The number of hydrogen-bond acceptors (Lipinski definition) is 7. The molecule has 5 heterocycles. The molecule has 17 rings (SSSR count). The molecular formula is C77H83N7P2. The van der Waals surface area contributed by atoms with E-state index in [0.717, 1.165) is 25.7 Å². The van der Waals surface area contributed by atoms with Gasteiger partial charge in [0.2, 0.25) is 0 Å². The Balaban J connectivity index is 0.861. The Kier molecular flexibility index (Phi) is 14.2. The molecule has 5 saturated heterocycles. The predicted octanol–water partition coefficient (Wildman–Crippen LogP) is 17.2. The molecule has 8 aromatic rings. The molecule has 0 radical (unpaired) electrons. The Hall–Kier alpha value is -6.62. The van der Waals surface area contributed by atoms with Crippen LogP contribution in [-0.4, -0.2) is 94.6 Å². The van der Waals surface area contributed by atoms with E-state index in [1.807, 2.05) is 0 Å². The lowest BCUT2D eigenvalue weighted by Crippen LogP contribution is -2.81. The van der Waals surface area contributed by atoms with Crippen LogP contribution in [0.2, 0.25) is 0 Å². The Labute approximate surface area is 513 Å². The summed E-state index contributed by atoms with van der Waals surface area (Å²) in [6.45, 7) is 0. The van der Waals surface area contributed by atoms with Crippen LogP contribution in [0.25, 0.3) is 0 Å². The molecule has 5 aliphatic heterocycles. The maximum atomic E-state index is 5.05. The zero-order chi connectivity index (χ0) is 56.7. The van der Waals surface area contributed by atoms with Gasteiger partial charge < -0.3 is 29.4 Å². The highest BCUT2D eigenvalue weighted by Gasteiger charge is 2.68. The van der Waals surface area contributed by atoms with Crippen LogP contribution in [0.15, 0.2) is 243 Å². The lowest BCUT2D eigenvalue weighted by Gasteiger charge is -2.73. The molecule has 9 aliphatic rings. The largest absolute Gasteiger partial charge is 0.364 e. The van der Waals surface area contributed by atoms with Crippen molar-refractivity contribution in [1.29, 1.82) is 0 Å². The number of anilines is 8. The molecule has 0 aromatic heterocycles. The summed E-state index contributed by atoms with van der Waals surface area (Å²) in [5, 5.41) is 5.05. The van der Waals surface area contributed by atoms with Crippen molar-refractivity contribution in [2.24, 2.45) is 0 Å². The van der Waals surface area contributed by atoms with Crippen LogP contribution in [0.5, 0.6) is 0 Å². The van der Waals surface area contributed by atoms with Crippen LogP contribution in [0, 0.1) is 0 Å². The summed E-state index contributed by atoms with van der Waals surface area (Å²) in [5.74, 6) is 0. The summed E-state index contributed by atoms with van der Waals surface area (Å²) in [4.78, 5) is 18.0. The van der Waals surface area contributed by atoms with Crippen LogP contribution in [0.1, 0.15) is 83.5 Å². The third kappa shape index (κ3) is 9.05. The maximum Gasteiger partial charge on any atom is 0.0883 e. The van der Waals surface area contributed by atoms with Gasteiger partial charge in [0, 0.05) is 128 Å². The minimum absolute atomic E-state index is 0.212. The van der Waals surface area contributed by atoms with Gasteiger partial charge in [0.05, 0.1) is 12.3 Å². The molecule has 18 unspecified atom stereocenters. The molecule has 0 bridgehead atoms. The maximum absolute atomic E-state index is 5.05. The Morgan fingerprint density at radius 1 is 0.279 bits per heavy atom. The molecule has 8 aromatic carbocycles. The Morgan fingerprint density at radius 2 is 0.547 bits per heavy atom. The normalized spacial score (nSPS) is 34.0.